The monoisotopic (exact) mass is 867 g/mol. The van der Waals surface area contributed by atoms with E-state index in [9.17, 15) is 0 Å². The van der Waals surface area contributed by atoms with Crippen LogP contribution in [0, 0.1) is 0 Å². The smallest absolute Gasteiger partial charge is 0.140 e. The van der Waals surface area contributed by atoms with Gasteiger partial charge in [-0.2, -0.15) is 0 Å². The van der Waals surface area contributed by atoms with Gasteiger partial charge in [-0.15, -0.1) is 0 Å². The molecule has 11 aromatic carbocycles. The van der Waals surface area contributed by atoms with Crippen LogP contribution in [-0.2, 0) is 10.8 Å². The number of rotatable bonds is 5. The quantitative estimate of drug-likeness (QED) is 0.171. The highest BCUT2D eigenvalue weighted by molar-refractivity contribution is 6.02. The normalized spacial score (nSPS) is 14.1. The fourth-order valence-corrected chi connectivity index (χ4v) is 12.3. The third-order valence-corrected chi connectivity index (χ3v) is 15.3. The number of anilines is 3. The molecule has 0 amide bonds. The average Bonchev–Trinajstić information content (AvgIpc) is 3.82. The Bertz CT molecular complexity index is 3780. The second-order valence-corrected chi connectivity index (χ2v) is 19.1. The minimum Gasteiger partial charge on any atom is -0.455 e. The first-order chi connectivity index (χ1) is 33.5. The summed E-state index contributed by atoms with van der Waals surface area (Å²) in [6.45, 7) is 4.72. The maximum Gasteiger partial charge on any atom is 0.140 e. The first-order valence-corrected chi connectivity index (χ1v) is 23.8. The summed E-state index contributed by atoms with van der Waals surface area (Å²) in [7, 11) is 0. The van der Waals surface area contributed by atoms with Gasteiger partial charge in [-0.1, -0.05) is 220 Å². The molecular weight excluding hydrogens is 823 g/mol. The summed E-state index contributed by atoms with van der Waals surface area (Å²) in [4.78, 5) is 2.45. The lowest BCUT2D eigenvalue weighted by molar-refractivity contribution is 0.447. The number of ether oxygens (including phenoxy) is 1. The van der Waals surface area contributed by atoms with Crippen LogP contribution in [-0.4, -0.2) is 0 Å². The lowest BCUT2D eigenvalue weighted by Crippen LogP contribution is -2.32. The molecule has 0 unspecified atom stereocenters. The average molecular weight is 868 g/mol. The van der Waals surface area contributed by atoms with Gasteiger partial charge >= 0.3 is 0 Å². The molecule has 0 bridgehead atoms. The Morgan fingerprint density at radius 3 is 1.59 bits per heavy atom. The number of para-hydroxylation sites is 1. The summed E-state index contributed by atoms with van der Waals surface area (Å²) in [6, 6.07) is 87.4. The number of hydrogen-bond donors (Lipinski definition) is 0. The molecule has 14 rings (SSSR count). The van der Waals surface area contributed by atoms with E-state index in [1.165, 1.54) is 88.7 Å². The molecule has 1 spiro atoms. The lowest BCUT2D eigenvalue weighted by atomic mass is 9.65. The van der Waals surface area contributed by atoms with Gasteiger partial charge in [0.1, 0.15) is 11.5 Å². The third-order valence-electron chi connectivity index (χ3n) is 15.3. The molecule has 320 valence electrons. The van der Waals surface area contributed by atoms with Crippen LogP contribution in [0.15, 0.2) is 237 Å². The zero-order valence-corrected chi connectivity index (χ0v) is 37.9. The Kier molecular flexibility index (Phi) is 8.28. The highest BCUT2D eigenvalue weighted by atomic mass is 16.5. The van der Waals surface area contributed by atoms with Crippen molar-refractivity contribution in [3.63, 3.8) is 0 Å². The van der Waals surface area contributed by atoms with Gasteiger partial charge in [-0.05, 0) is 102 Å². The summed E-state index contributed by atoms with van der Waals surface area (Å²) in [5.41, 5.74) is 20.1. The van der Waals surface area contributed by atoms with Crippen LogP contribution in [0.3, 0.4) is 0 Å². The Balaban J connectivity index is 0.969. The molecule has 2 nitrogen and oxygen atoms in total. The summed E-state index contributed by atoms with van der Waals surface area (Å²) in [6.07, 6.45) is 0. The molecule has 2 aliphatic carbocycles. The van der Waals surface area contributed by atoms with Gasteiger partial charge in [0.05, 0.1) is 11.1 Å². The van der Waals surface area contributed by atoms with Crippen molar-refractivity contribution in [1.82, 2.24) is 0 Å². The van der Waals surface area contributed by atoms with E-state index in [1.54, 1.807) is 0 Å². The van der Waals surface area contributed by atoms with Crippen LogP contribution in [0.1, 0.15) is 47.2 Å². The van der Waals surface area contributed by atoms with Crippen LogP contribution in [0.2, 0.25) is 0 Å². The fourth-order valence-electron chi connectivity index (χ4n) is 12.3. The van der Waals surface area contributed by atoms with Crippen molar-refractivity contribution in [1.29, 1.82) is 0 Å². The Labute approximate surface area is 397 Å². The van der Waals surface area contributed by atoms with E-state index in [0.29, 0.717) is 0 Å². The first-order valence-electron chi connectivity index (χ1n) is 23.8. The number of nitrogens with zero attached hydrogens (tertiary/aromatic N) is 1. The molecule has 0 saturated carbocycles. The summed E-state index contributed by atoms with van der Waals surface area (Å²) in [5, 5.41) is 4.57. The molecule has 0 aromatic heterocycles. The molecule has 11 aromatic rings. The predicted octanol–water partition coefficient (Wildman–Crippen LogP) is 17.6. The van der Waals surface area contributed by atoms with E-state index in [4.69, 9.17) is 4.74 Å². The van der Waals surface area contributed by atoms with E-state index in [-0.39, 0.29) is 5.41 Å². The van der Waals surface area contributed by atoms with Crippen LogP contribution >= 0.6 is 0 Å². The van der Waals surface area contributed by atoms with Gasteiger partial charge in [0, 0.05) is 44.3 Å². The van der Waals surface area contributed by atoms with Crippen molar-refractivity contribution in [2.45, 2.75) is 24.7 Å². The SMILES string of the molecule is CC1(C)c2ccccc2-c2ccc(N(c3ccc(-c4cccc5c4-c4ccccc4C54c5ccc6ccccc6c5Oc5c4ccc4ccccc54)cc3)c3ccccc3-c3ccccc3)cc21. The fraction of sp³-hybridized carbons (Fsp3) is 0.0606. The van der Waals surface area contributed by atoms with Crippen molar-refractivity contribution in [3.8, 4) is 56.0 Å². The second-order valence-electron chi connectivity index (χ2n) is 19.1. The molecule has 68 heavy (non-hydrogen) atoms. The predicted molar refractivity (Wildman–Crippen MR) is 282 cm³/mol. The topological polar surface area (TPSA) is 12.5 Å². The Morgan fingerprint density at radius 1 is 0.338 bits per heavy atom. The zero-order chi connectivity index (χ0) is 45.1. The number of fused-ring (bicyclic) bond motifs is 16. The minimum atomic E-state index is -0.613. The maximum atomic E-state index is 7.23. The van der Waals surface area contributed by atoms with Crippen molar-refractivity contribution in [2.24, 2.45) is 0 Å². The lowest BCUT2D eigenvalue weighted by Gasteiger charge is -2.40. The molecule has 1 heterocycles. The summed E-state index contributed by atoms with van der Waals surface area (Å²) >= 11 is 0. The van der Waals surface area contributed by atoms with Crippen molar-refractivity contribution in [3.05, 3.63) is 270 Å². The van der Waals surface area contributed by atoms with E-state index < -0.39 is 5.41 Å². The molecule has 1 aliphatic heterocycles. The molecule has 0 radical (unpaired) electrons. The third kappa shape index (κ3) is 5.34. The summed E-state index contributed by atoms with van der Waals surface area (Å²) in [5.74, 6) is 1.86. The van der Waals surface area contributed by atoms with Gasteiger partial charge < -0.3 is 9.64 Å². The van der Waals surface area contributed by atoms with Crippen LogP contribution in [0.5, 0.6) is 11.5 Å². The van der Waals surface area contributed by atoms with Crippen molar-refractivity contribution < 1.29 is 4.74 Å². The van der Waals surface area contributed by atoms with E-state index in [2.05, 4.69) is 255 Å². The number of benzene rings is 11. The van der Waals surface area contributed by atoms with Gasteiger partial charge in [0.2, 0.25) is 0 Å². The number of hydrogen-bond acceptors (Lipinski definition) is 2. The van der Waals surface area contributed by atoms with Crippen LogP contribution in [0.25, 0.3) is 66.1 Å². The summed E-state index contributed by atoms with van der Waals surface area (Å²) < 4.78 is 7.23. The second kappa shape index (κ2) is 14.5. The maximum absolute atomic E-state index is 7.23. The molecule has 0 fully saturated rings. The van der Waals surface area contributed by atoms with Crippen LogP contribution < -0.4 is 9.64 Å². The molecule has 3 aliphatic rings. The highest BCUT2D eigenvalue weighted by Crippen LogP contribution is 2.65. The largest absolute Gasteiger partial charge is 0.455 e. The van der Waals surface area contributed by atoms with Gasteiger partial charge in [0.15, 0.2) is 0 Å². The Hall–Kier alpha value is -8.46. The van der Waals surface area contributed by atoms with Crippen molar-refractivity contribution in [2.75, 3.05) is 4.90 Å². The molecule has 0 N–H and O–H groups in total. The van der Waals surface area contributed by atoms with E-state index >= 15 is 0 Å². The highest BCUT2D eigenvalue weighted by Gasteiger charge is 2.52. The van der Waals surface area contributed by atoms with E-state index in [0.717, 1.165) is 39.3 Å². The van der Waals surface area contributed by atoms with Gasteiger partial charge in [-0.25, -0.2) is 0 Å². The first kappa shape index (κ1) is 38.8. The molecule has 2 heteroatoms. The van der Waals surface area contributed by atoms with Crippen LogP contribution in [0.4, 0.5) is 17.1 Å². The molecule has 0 saturated heterocycles. The minimum absolute atomic E-state index is 0.135. The van der Waals surface area contributed by atoms with Gasteiger partial charge in [-0.3, -0.25) is 0 Å². The molecule has 0 atom stereocenters. The standard InChI is InChI=1S/C66H45NO/c1-65(2)55-27-13-10-24-52(55)53-38-37-47(41-60(53)65)67(61-30-15-12-21-48(61)42-17-4-3-5-18-42)46-35-31-45(32-36-46)49-26-16-29-57-62(49)54-25-11-14-28-56(54)66(57)58-39-33-43-19-6-8-22-50(43)63(58)68-64-51-23-9-7-20-44(51)34-40-59(64)66/h3-41H,1-2H3. The zero-order valence-electron chi connectivity index (χ0n) is 37.9. The van der Waals surface area contributed by atoms with Crippen molar-refractivity contribution >= 4 is 38.6 Å². The van der Waals surface area contributed by atoms with Gasteiger partial charge in [0.25, 0.3) is 0 Å². The Morgan fingerprint density at radius 2 is 0.868 bits per heavy atom. The molecular formula is C66H45NO. The van der Waals surface area contributed by atoms with E-state index in [1.807, 2.05) is 0 Å².